The number of carbonyl (C=O) groups is 2. The number of hydrogen-bond acceptors (Lipinski definition) is 4. The molecule has 0 aromatic carbocycles. The fourth-order valence-corrected chi connectivity index (χ4v) is 2.30. The van der Waals surface area contributed by atoms with Gasteiger partial charge >= 0.3 is 12.1 Å². The lowest BCUT2D eigenvalue weighted by molar-refractivity contribution is 0.184. The highest BCUT2D eigenvalue weighted by atomic mass is 16.2. The Morgan fingerprint density at radius 1 is 0.727 bits per heavy atom. The molecule has 0 aliphatic rings. The van der Waals surface area contributed by atoms with Crippen LogP contribution in [0.3, 0.4) is 0 Å². The van der Waals surface area contributed by atoms with E-state index >= 15 is 0 Å². The van der Waals surface area contributed by atoms with Crippen LogP contribution >= 0.6 is 0 Å². The van der Waals surface area contributed by atoms with Gasteiger partial charge < -0.3 is 11.5 Å². The van der Waals surface area contributed by atoms with Crippen molar-refractivity contribution in [2.75, 3.05) is 0 Å². The van der Waals surface area contributed by atoms with Crippen molar-refractivity contribution in [1.82, 2.24) is 10.0 Å². The molecule has 0 fully saturated rings. The maximum absolute atomic E-state index is 10.9. The van der Waals surface area contributed by atoms with E-state index in [0.717, 1.165) is 61.4 Å². The number of urea groups is 2. The van der Waals surface area contributed by atoms with E-state index in [0.29, 0.717) is 0 Å². The average Bonchev–Trinajstić information content (AvgIpc) is 2.47. The Kier molecular flexibility index (Phi) is 10.3. The van der Waals surface area contributed by atoms with E-state index in [9.17, 15) is 9.59 Å². The van der Waals surface area contributed by atoms with Crippen LogP contribution in [0.15, 0.2) is 0 Å². The number of primary amides is 2. The molecule has 2 unspecified atom stereocenters. The smallest absolute Gasteiger partial charge is 0.329 e. The summed E-state index contributed by atoms with van der Waals surface area (Å²) < 4.78 is 0. The zero-order valence-electron chi connectivity index (χ0n) is 13.8. The molecule has 22 heavy (non-hydrogen) atoms. The molecule has 0 aliphatic carbocycles. The quantitative estimate of drug-likeness (QED) is 0.197. The standard InChI is InChI=1S/C14H32N6O2/c1-11(19(17)13(15)21)9-7-5-3-4-6-8-10-12(2)20(18)14(16)22/h11-12H,3-10,17-18H2,1-2H3,(H2,15,21)(H2,16,22). The van der Waals surface area contributed by atoms with Gasteiger partial charge in [0, 0.05) is 12.1 Å². The lowest BCUT2D eigenvalue weighted by atomic mass is 10.0. The van der Waals surface area contributed by atoms with Gasteiger partial charge in [-0.1, -0.05) is 38.5 Å². The summed E-state index contributed by atoms with van der Waals surface area (Å²) in [6.45, 7) is 3.78. The summed E-state index contributed by atoms with van der Waals surface area (Å²) in [6, 6.07) is -1.23. The molecule has 130 valence electrons. The van der Waals surface area contributed by atoms with Crippen LogP contribution in [-0.2, 0) is 0 Å². The monoisotopic (exact) mass is 316 g/mol. The third-order valence-corrected chi connectivity index (χ3v) is 3.95. The Labute approximate surface area is 133 Å². The molecule has 0 aromatic rings. The van der Waals surface area contributed by atoms with Crippen molar-refractivity contribution in [2.24, 2.45) is 23.2 Å². The molecule has 0 bridgehead atoms. The van der Waals surface area contributed by atoms with Crippen molar-refractivity contribution in [3.63, 3.8) is 0 Å². The van der Waals surface area contributed by atoms with Crippen LogP contribution < -0.4 is 23.2 Å². The number of nitrogens with zero attached hydrogens (tertiary/aromatic N) is 2. The molecule has 0 aliphatic heterocycles. The van der Waals surface area contributed by atoms with Crippen molar-refractivity contribution in [2.45, 2.75) is 77.3 Å². The van der Waals surface area contributed by atoms with E-state index in [1.54, 1.807) is 0 Å². The summed E-state index contributed by atoms with van der Waals surface area (Å²) in [7, 11) is 0. The molecule has 4 amide bonds. The van der Waals surface area contributed by atoms with Gasteiger partial charge in [-0.15, -0.1) is 0 Å². The SMILES string of the molecule is CC(CCCCCCCCC(C)N(N)C(N)=O)N(N)C(N)=O. The van der Waals surface area contributed by atoms with Gasteiger partial charge in [0.05, 0.1) is 0 Å². The molecule has 8 heteroatoms. The van der Waals surface area contributed by atoms with Gasteiger partial charge in [-0.2, -0.15) is 0 Å². The minimum absolute atomic E-state index is 0.0253. The van der Waals surface area contributed by atoms with Crippen LogP contribution in [0.25, 0.3) is 0 Å². The minimum Gasteiger partial charge on any atom is -0.350 e. The molecule has 8 N–H and O–H groups in total. The number of hydrazine groups is 2. The van der Waals surface area contributed by atoms with Crippen LogP contribution in [0.2, 0.25) is 0 Å². The van der Waals surface area contributed by atoms with E-state index in [4.69, 9.17) is 23.2 Å². The zero-order valence-corrected chi connectivity index (χ0v) is 13.8. The van der Waals surface area contributed by atoms with Crippen LogP contribution in [-0.4, -0.2) is 34.2 Å². The van der Waals surface area contributed by atoms with Crippen LogP contribution in [0.1, 0.15) is 65.2 Å². The second-order valence-electron chi connectivity index (χ2n) is 5.89. The lowest BCUT2D eigenvalue weighted by Gasteiger charge is -2.22. The van der Waals surface area contributed by atoms with Crippen LogP contribution in [0, 0.1) is 0 Å². The third-order valence-electron chi connectivity index (χ3n) is 3.95. The maximum Gasteiger partial charge on any atom is 0.329 e. The van der Waals surface area contributed by atoms with Gasteiger partial charge in [-0.3, -0.25) is 10.0 Å². The lowest BCUT2D eigenvalue weighted by Crippen LogP contribution is -2.47. The van der Waals surface area contributed by atoms with Crippen molar-refractivity contribution in [3.05, 3.63) is 0 Å². The minimum atomic E-state index is -0.591. The highest BCUT2D eigenvalue weighted by Crippen LogP contribution is 2.13. The number of carbonyl (C=O) groups excluding carboxylic acids is 2. The second-order valence-corrected chi connectivity index (χ2v) is 5.89. The predicted octanol–water partition coefficient (Wildman–Crippen LogP) is 1.39. The van der Waals surface area contributed by atoms with E-state index < -0.39 is 12.1 Å². The summed E-state index contributed by atoms with van der Waals surface area (Å²) in [5, 5.41) is 2.16. The van der Waals surface area contributed by atoms with Gasteiger partial charge in [0.15, 0.2) is 0 Å². The van der Waals surface area contributed by atoms with Gasteiger partial charge in [-0.25, -0.2) is 21.3 Å². The van der Waals surface area contributed by atoms with Gasteiger partial charge in [0.2, 0.25) is 0 Å². The second kappa shape index (κ2) is 11.1. The number of unbranched alkanes of at least 4 members (excludes halogenated alkanes) is 5. The van der Waals surface area contributed by atoms with Crippen LogP contribution in [0.4, 0.5) is 9.59 Å². The molecular formula is C14H32N6O2. The predicted molar refractivity (Wildman–Crippen MR) is 87.1 cm³/mol. The van der Waals surface area contributed by atoms with E-state index in [2.05, 4.69) is 0 Å². The average molecular weight is 316 g/mol. The Morgan fingerprint density at radius 2 is 1.00 bits per heavy atom. The molecule has 0 spiro atoms. The molecule has 0 saturated heterocycles. The van der Waals surface area contributed by atoms with E-state index in [1.165, 1.54) is 0 Å². The molecule has 0 radical (unpaired) electrons. The van der Waals surface area contributed by atoms with Crippen molar-refractivity contribution in [3.8, 4) is 0 Å². The van der Waals surface area contributed by atoms with Crippen molar-refractivity contribution in [1.29, 1.82) is 0 Å². The molecule has 0 heterocycles. The van der Waals surface area contributed by atoms with E-state index in [1.807, 2.05) is 13.8 Å². The Bertz CT molecular complexity index is 307. The van der Waals surface area contributed by atoms with Gasteiger partial charge in [0.1, 0.15) is 0 Å². The van der Waals surface area contributed by atoms with Crippen molar-refractivity contribution >= 4 is 12.1 Å². The highest BCUT2D eigenvalue weighted by molar-refractivity contribution is 5.71. The molecule has 8 nitrogen and oxygen atoms in total. The highest BCUT2D eigenvalue weighted by Gasteiger charge is 2.13. The first kappa shape index (κ1) is 20.5. The summed E-state index contributed by atoms with van der Waals surface area (Å²) in [4.78, 5) is 21.7. The molecule has 0 rings (SSSR count). The Hall–Kier alpha value is -1.54. The molecule has 0 aromatic heterocycles. The third kappa shape index (κ3) is 8.68. The number of rotatable bonds is 11. The summed E-state index contributed by atoms with van der Waals surface area (Å²) in [6.07, 6.45) is 8.27. The summed E-state index contributed by atoms with van der Waals surface area (Å²) in [5.41, 5.74) is 10.2. The Morgan fingerprint density at radius 3 is 1.27 bits per heavy atom. The van der Waals surface area contributed by atoms with Crippen molar-refractivity contribution < 1.29 is 9.59 Å². The molecular weight excluding hydrogens is 284 g/mol. The van der Waals surface area contributed by atoms with Gasteiger partial charge in [0.25, 0.3) is 0 Å². The molecule has 2 atom stereocenters. The first-order valence-electron chi connectivity index (χ1n) is 7.94. The fraction of sp³-hybridized carbons (Fsp3) is 0.857. The van der Waals surface area contributed by atoms with Crippen LogP contribution in [0.5, 0.6) is 0 Å². The largest absolute Gasteiger partial charge is 0.350 e. The zero-order chi connectivity index (χ0) is 17.1. The first-order chi connectivity index (χ1) is 10.3. The Balaban J connectivity index is 3.51. The normalized spacial score (nSPS) is 13.5. The first-order valence-corrected chi connectivity index (χ1v) is 7.94. The summed E-state index contributed by atoms with van der Waals surface area (Å²) >= 11 is 0. The number of nitrogens with two attached hydrogens (primary N) is 4. The number of amides is 4. The fourth-order valence-electron chi connectivity index (χ4n) is 2.30. The topological polar surface area (TPSA) is 145 Å². The molecule has 0 saturated carbocycles. The van der Waals surface area contributed by atoms with E-state index in [-0.39, 0.29) is 12.1 Å². The maximum atomic E-state index is 10.9. The van der Waals surface area contributed by atoms with Gasteiger partial charge in [-0.05, 0) is 26.7 Å². The number of hydrogen-bond donors (Lipinski definition) is 4. The summed E-state index contributed by atoms with van der Waals surface area (Å²) in [5.74, 6) is 11.1.